The molecule has 1 heterocycles. The summed E-state index contributed by atoms with van der Waals surface area (Å²) in [4.78, 5) is 25.4. The second-order valence-corrected chi connectivity index (χ2v) is 3.35. The zero-order valence-electron chi connectivity index (χ0n) is 7.91. The number of nitrogens with zero attached hydrogens (tertiary/aromatic N) is 1. The van der Waals surface area contributed by atoms with Gasteiger partial charge in [0.05, 0.1) is 12.8 Å². The van der Waals surface area contributed by atoms with E-state index in [0.717, 1.165) is 6.34 Å². The molecule has 1 aliphatic rings. The third-order valence-electron chi connectivity index (χ3n) is 2.20. The molecule has 90 valence electrons. The highest BCUT2D eigenvalue weighted by molar-refractivity contribution is 5.99. The van der Waals surface area contributed by atoms with Gasteiger partial charge in [0.1, 0.15) is 0 Å². The van der Waals surface area contributed by atoms with E-state index in [0.29, 0.717) is 0 Å². The fourth-order valence-electron chi connectivity index (χ4n) is 1.51. The van der Waals surface area contributed by atoms with Crippen LogP contribution in [0.5, 0.6) is 0 Å². The molecule has 0 radical (unpaired) electrons. The van der Waals surface area contributed by atoms with Gasteiger partial charge in [-0.25, -0.2) is 0 Å². The standard InChI is InChI=1S/C7H9F3N4O2/c8-7(9,10)1-6(5(12)16)3(4(11)15)13-2-14-6/h2-3H,1H2,(H2,11,15)(H2,12,16)(H,13,14). The summed E-state index contributed by atoms with van der Waals surface area (Å²) in [6, 6.07) is -1.65. The van der Waals surface area contributed by atoms with Crippen molar-refractivity contribution in [1.29, 1.82) is 0 Å². The SMILES string of the molecule is NC(=O)C1N=CNC1(CC(F)(F)F)C(N)=O. The van der Waals surface area contributed by atoms with E-state index in [-0.39, 0.29) is 0 Å². The molecule has 0 aromatic carbocycles. The first-order valence-corrected chi connectivity index (χ1v) is 4.14. The van der Waals surface area contributed by atoms with Gasteiger partial charge in [-0.05, 0) is 0 Å². The number of halogens is 3. The zero-order valence-corrected chi connectivity index (χ0v) is 7.91. The number of primary amides is 2. The van der Waals surface area contributed by atoms with Crippen LogP contribution < -0.4 is 16.8 Å². The van der Waals surface area contributed by atoms with Crippen molar-refractivity contribution in [3.05, 3.63) is 0 Å². The van der Waals surface area contributed by atoms with Gasteiger partial charge in [0, 0.05) is 0 Å². The molecule has 5 N–H and O–H groups in total. The topological polar surface area (TPSA) is 111 Å². The number of aliphatic imine (C=N–C) groups is 1. The molecule has 0 bridgehead atoms. The van der Waals surface area contributed by atoms with Crippen molar-refractivity contribution in [2.45, 2.75) is 24.2 Å². The Morgan fingerprint density at radius 3 is 2.38 bits per heavy atom. The van der Waals surface area contributed by atoms with Gasteiger partial charge in [-0.15, -0.1) is 0 Å². The van der Waals surface area contributed by atoms with Crippen molar-refractivity contribution in [1.82, 2.24) is 5.32 Å². The van der Waals surface area contributed by atoms with Gasteiger partial charge in [-0.1, -0.05) is 0 Å². The molecule has 0 aromatic heterocycles. The molecular weight excluding hydrogens is 229 g/mol. The first-order valence-electron chi connectivity index (χ1n) is 4.14. The number of hydrogen-bond acceptors (Lipinski definition) is 4. The van der Waals surface area contributed by atoms with Crippen LogP contribution in [0.1, 0.15) is 6.42 Å². The smallest absolute Gasteiger partial charge is 0.368 e. The summed E-state index contributed by atoms with van der Waals surface area (Å²) >= 11 is 0. The highest BCUT2D eigenvalue weighted by Gasteiger charge is 2.55. The third-order valence-corrected chi connectivity index (χ3v) is 2.20. The molecule has 1 rings (SSSR count). The van der Waals surface area contributed by atoms with Gasteiger partial charge in [0.15, 0.2) is 11.6 Å². The van der Waals surface area contributed by atoms with E-state index in [2.05, 4.69) is 10.3 Å². The molecule has 0 saturated heterocycles. The second kappa shape index (κ2) is 3.65. The van der Waals surface area contributed by atoms with Gasteiger partial charge in [0.25, 0.3) is 0 Å². The van der Waals surface area contributed by atoms with Crippen LogP contribution in [-0.2, 0) is 9.59 Å². The number of carbonyl (C=O) groups is 2. The van der Waals surface area contributed by atoms with Crippen molar-refractivity contribution in [2.24, 2.45) is 16.5 Å². The molecular formula is C7H9F3N4O2. The molecule has 0 saturated carbocycles. The van der Waals surface area contributed by atoms with Crippen LogP contribution in [0.2, 0.25) is 0 Å². The van der Waals surface area contributed by atoms with Gasteiger partial charge in [0.2, 0.25) is 11.8 Å². The molecule has 0 spiro atoms. The maximum absolute atomic E-state index is 12.3. The summed E-state index contributed by atoms with van der Waals surface area (Å²) in [5, 5.41) is 2.07. The van der Waals surface area contributed by atoms with Crippen LogP contribution in [-0.4, -0.2) is 35.9 Å². The quantitative estimate of drug-likeness (QED) is 0.565. The van der Waals surface area contributed by atoms with E-state index in [1.807, 2.05) is 0 Å². The van der Waals surface area contributed by atoms with E-state index < -0.39 is 36.0 Å². The van der Waals surface area contributed by atoms with Crippen molar-refractivity contribution < 1.29 is 22.8 Å². The lowest BCUT2D eigenvalue weighted by Crippen LogP contribution is -2.63. The minimum Gasteiger partial charge on any atom is -0.368 e. The average molecular weight is 238 g/mol. The number of amides is 2. The molecule has 16 heavy (non-hydrogen) atoms. The number of nitrogens with two attached hydrogens (primary N) is 2. The molecule has 0 aliphatic carbocycles. The Balaban J connectivity index is 3.08. The van der Waals surface area contributed by atoms with E-state index >= 15 is 0 Å². The van der Waals surface area contributed by atoms with Gasteiger partial charge in [-0.3, -0.25) is 14.6 Å². The largest absolute Gasteiger partial charge is 0.391 e. The zero-order chi connectivity index (χ0) is 12.6. The Bertz CT molecular complexity index is 354. The fraction of sp³-hybridized carbons (Fsp3) is 0.571. The first-order chi connectivity index (χ1) is 7.19. The lowest BCUT2D eigenvalue weighted by Gasteiger charge is -2.30. The third kappa shape index (κ3) is 2.07. The van der Waals surface area contributed by atoms with Gasteiger partial charge >= 0.3 is 6.18 Å². The number of hydrogen-bond donors (Lipinski definition) is 3. The predicted octanol–water partition coefficient (Wildman–Crippen LogP) is -1.35. The van der Waals surface area contributed by atoms with Crippen LogP contribution in [0.3, 0.4) is 0 Å². The summed E-state index contributed by atoms with van der Waals surface area (Å²) in [5.41, 5.74) is 7.43. The predicted molar refractivity (Wildman–Crippen MR) is 47.2 cm³/mol. The van der Waals surface area contributed by atoms with Crippen molar-refractivity contribution in [2.75, 3.05) is 0 Å². The van der Waals surface area contributed by atoms with E-state index in [9.17, 15) is 22.8 Å². The van der Waals surface area contributed by atoms with Crippen LogP contribution in [0, 0.1) is 0 Å². The number of rotatable bonds is 3. The minimum atomic E-state index is -4.68. The molecule has 0 fully saturated rings. The summed E-state index contributed by atoms with van der Waals surface area (Å²) in [6.07, 6.45) is -5.46. The van der Waals surface area contributed by atoms with E-state index in [4.69, 9.17) is 11.5 Å². The molecule has 2 amide bonds. The molecule has 9 heteroatoms. The van der Waals surface area contributed by atoms with Crippen molar-refractivity contribution in [3.8, 4) is 0 Å². The maximum atomic E-state index is 12.3. The monoisotopic (exact) mass is 238 g/mol. The lowest BCUT2D eigenvalue weighted by molar-refractivity contribution is -0.160. The molecule has 1 aliphatic heterocycles. The molecule has 0 aromatic rings. The minimum absolute atomic E-state index is 0.825. The van der Waals surface area contributed by atoms with Crippen LogP contribution >= 0.6 is 0 Å². The van der Waals surface area contributed by atoms with Crippen LogP contribution in [0.25, 0.3) is 0 Å². The Morgan fingerprint density at radius 2 is 2.00 bits per heavy atom. The first kappa shape index (κ1) is 12.3. The van der Waals surface area contributed by atoms with Crippen LogP contribution in [0.4, 0.5) is 13.2 Å². The Morgan fingerprint density at radius 1 is 1.44 bits per heavy atom. The van der Waals surface area contributed by atoms with Crippen molar-refractivity contribution in [3.63, 3.8) is 0 Å². The summed E-state index contributed by atoms with van der Waals surface area (Å²) in [7, 11) is 0. The highest BCUT2D eigenvalue weighted by atomic mass is 19.4. The summed E-state index contributed by atoms with van der Waals surface area (Å²) in [5.74, 6) is -2.48. The Labute approximate surface area is 87.9 Å². The van der Waals surface area contributed by atoms with Crippen LogP contribution in [0.15, 0.2) is 4.99 Å². The maximum Gasteiger partial charge on any atom is 0.391 e. The number of carbonyl (C=O) groups excluding carboxylic acids is 2. The Kier molecular flexibility index (Phi) is 2.80. The van der Waals surface area contributed by atoms with Gasteiger partial charge in [-0.2, -0.15) is 13.2 Å². The summed E-state index contributed by atoms with van der Waals surface area (Å²) < 4.78 is 36.9. The number of alkyl halides is 3. The van der Waals surface area contributed by atoms with E-state index in [1.54, 1.807) is 0 Å². The lowest BCUT2D eigenvalue weighted by atomic mass is 9.86. The second-order valence-electron chi connectivity index (χ2n) is 3.35. The molecule has 6 nitrogen and oxygen atoms in total. The molecule has 2 atom stereocenters. The molecule has 2 unspecified atom stereocenters. The van der Waals surface area contributed by atoms with Crippen molar-refractivity contribution >= 4 is 18.2 Å². The Hall–Kier alpha value is -1.80. The normalized spacial score (nSPS) is 28.8. The average Bonchev–Trinajstić information content (AvgIpc) is 2.45. The number of nitrogens with one attached hydrogen (secondary N) is 1. The van der Waals surface area contributed by atoms with Gasteiger partial charge < -0.3 is 16.8 Å². The summed E-state index contributed by atoms with van der Waals surface area (Å²) in [6.45, 7) is 0. The van der Waals surface area contributed by atoms with E-state index in [1.165, 1.54) is 0 Å². The fourth-order valence-corrected chi connectivity index (χ4v) is 1.51. The highest BCUT2D eigenvalue weighted by Crippen LogP contribution is 2.32.